The van der Waals surface area contributed by atoms with Crippen molar-refractivity contribution in [2.24, 2.45) is 7.05 Å². The van der Waals surface area contributed by atoms with E-state index in [4.69, 9.17) is 0 Å². The maximum Gasteiger partial charge on any atom is 0.248 e. The van der Waals surface area contributed by atoms with Crippen LogP contribution in [0.2, 0.25) is 0 Å². The largest absolute Gasteiger partial charge is 0.323 e. The number of hydrogen-bond donors (Lipinski definition) is 1. The Bertz CT molecular complexity index is 900. The normalized spacial score (nSPS) is 11.0. The van der Waals surface area contributed by atoms with E-state index in [2.05, 4.69) is 15.5 Å². The molecule has 0 aliphatic carbocycles. The van der Waals surface area contributed by atoms with Crippen LogP contribution in [-0.4, -0.2) is 20.7 Å². The van der Waals surface area contributed by atoms with Gasteiger partial charge in [-0.2, -0.15) is 0 Å². The molecule has 2 aromatic carbocycles. The van der Waals surface area contributed by atoms with E-state index in [-0.39, 0.29) is 5.91 Å². The van der Waals surface area contributed by atoms with Gasteiger partial charge in [-0.25, -0.2) is 0 Å². The van der Waals surface area contributed by atoms with E-state index in [9.17, 15) is 4.79 Å². The summed E-state index contributed by atoms with van der Waals surface area (Å²) in [5.74, 6) is -0.157. The molecule has 3 aromatic rings. The van der Waals surface area contributed by atoms with Crippen LogP contribution in [0.3, 0.4) is 0 Å². The zero-order chi connectivity index (χ0) is 17.6. The molecular weight excluding hydrogens is 332 g/mol. The fourth-order valence-corrected chi connectivity index (χ4v) is 2.97. The number of nitrogens with one attached hydrogen (secondary N) is 1. The molecule has 126 valence electrons. The lowest BCUT2D eigenvalue weighted by molar-refractivity contribution is -0.111. The molecule has 0 bridgehead atoms. The van der Waals surface area contributed by atoms with Gasteiger partial charge in [0.15, 0.2) is 5.16 Å². The molecule has 0 atom stereocenters. The highest BCUT2D eigenvalue weighted by atomic mass is 32.2. The van der Waals surface area contributed by atoms with Gasteiger partial charge in [0.05, 0.1) is 0 Å². The summed E-state index contributed by atoms with van der Waals surface area (Å²) < 4.78 is 1.86. The fourth-order valence-electron chi connectivity index (χ4n) is 2.21. The Morgan fingerprint density at radius 2 is 2.00 bits per heavy atom. The Hall–Kier alpha value is -2.86. The van der Waals surface area contributed by atoms with Crippen molar-refractivity contribution in [3.8, 4) is 0 Å². The van der Waals surface area contributed by atoms with Gasteiger partial charge in [-0.1, -0.05) is 29.8 Å². The topological polar surface area (TPSA) is 59.8 Å². The van der Waals surface area contributed by atoms with Crippen LogP contribution >= 0.6 is 11.8 Å². The van der Waals surface area contributed by atoms with Crippen LogP contribution in [-0.2, 0) is 11.8 Å². The van der Waals surface area contributed by atoms with E-state index in [1.807, 2.05) is 67.1 Å². The molecule has 25 heavy (non-hydrogen) atoms. The molecule has 0 fully saturated rings. The van der Waals surface area contributed by atoms with Gasteiger partial charge in [0.25, 0.3) is 0 Å². The van der Waals surface area contributed by atoms with Gasteiger partial charge in [-0.15, -0.1) is 10.2 Å². The molecule has 0 spiro atoms. The molecule has 6 heteroatoms. The van der Waals surface area contributed by atoms with Crippen molar-refractivity contribution >= 4 is 29.4 Å². The van der Waals surface area contributed by atoms with E-state index in [1.54, 1.807) is 12.4 Å². The van der Waals surface area contributed by atoms with Crippen molar-refractivity contribution in [3.05, 3.63) is 72.1 Å². The Balaban J connectivity index is 1.59. The Labute approximate surface area is 150 Å². The first kappa shape index (κ1) is 17.0. The minimum atomic E-state index is -0.157. The predicted molar refractivity (Wildman–Crippen MR) is 100 cm³/mol. The van der Waals surface area contributed by atoms with Crippen LogP contribution < -0.4 is 5.32 Å². The van der Waals surface area contributed by atoms with Gasteiger partial charge >= 0.3 is 0 Å². The zero-order valence-electron chi connectivity index (χ0n) is 14.0. The smallest absolute Gasteiger partial charge is 0.248 e. The molecule has 0 radical (unpaired) electrons. The van der Waals surface area contributed by atoms with E-state index >= 15 is 0 Å². The van der Waals surface area contributed by atoms with Crippen LogP contribution in [0.15, 0.2) is 71.0 Å². The van der Waals surface area contributed by atoms with Gasteiger partial charge in [0.1, 0.15) is 6.33 Å². The Morgan fingerprint density at radius 1 is 1.20 bits per heavy atom. The maximum absolute atomic E-state index is 12.0. The monoisotopic (exact) mass is 350 g/mol. The van der Waals surface area contributed by atoms with Crippen LogP contribution in [0.5, 0.6) is 0 Å². The average Bonchev–Trinajstić information content (AvgIpc) is 3.00. The molecule has 5 nitrogen and oxygen atoms in total. The van der Waals surface area contributed by atoms with Gasteiger partial charge < -0.3 is 9.88 Å². The molecule has 0 unspecified atom stereocenters. The van der Waals surface area contributed by atoms with Crippen molar-refractivity contribution in [2.45, 2.75) is 17.0 Å². The van der Waals surface area contributed by atoms with E-state index < -0.39 is 0 Å². The number of carbonyl (C=O) groups excluding carboxylic acids is 1. The van der Waals surface area contributed by atoms with Gasteiger partial charge in [-0.3, -0.25) is 4.79 Å². The second kappa shape index (κ2) is 7.81. The highest BCUT2D eigenvalue weighted by molar-refractivity contribution is 7.99. The number of carbonyl (C=O) groups is 1. The summed E-state index contributed by atoms with van der Waals surface area (Å²) in [6.07, 6.45) is 5.01. The number of amides is 1. The fraction of sp³-hybridized carbons (Fsp3) is 0.105. The minimum Gasteiger partial charge on any atom is -0.323 e. The number of nitrogens with zero attached hydrogens (tertiary/aromatic N) is 3. The lowest BCUT2D eigenvalue weighted by Crippen LogP contribution is -2.07. The summed E-state index contributed by atoms with van der Waals surface area (Å²) in [5, 5.41) is 11.6. The molecule has 0 aliphatic heterocycles. The average molecular weight is 350 g/mol. The lowest BCUT2D eigenvalue weighted by atomic mass is 10.1. The second-order valence-corrected chi connectivity index (χ2v) is 6.63. The van der Waals surface area contributed by atoms with Crippen LogP contribution in [0, 0.1) is 6.92 Å². The van der Waals surface area contributed by atoms with E-state index in [1.165, 1.54) is 23.4 Å². The molecule has 0 aliphatic rings. The van der Waals surface area contributed by atoms with Gasteiger partial charge in [-0.05, 0) is 54.6 Å². The summed E-state index contributed by atoms with van der Waals surface area (Å²) in [7, 11) is 1.90. The third kappa shape index (κ3) is 4.81. The molecule has 1 amide bonds. The molecule has 1 N–H and O–H groups in total. The quantitative estimate of drug-likeness (QED) is 0.709. The third-order valence-electron chi connectivity index (χ3n) is 3.47. The van der Waals surface area contributed by atoms with E-state index in [0.29, 0.717) is 0 Å². The summed E-state index contributed by atoms with van der Waals surface area (Å²) in [4.78, 5) is 13.1. The molecule has 0 saturated carbocycles. The number of aromatic nitrogens is 3. The number of aryl methyl sites for hydroxylation is 2. The summed E-state index contributed by atoms with van der Waals surface area (Å²) in [5.41, 5.74) is 2.92. The first-order valence-corrected chi connectivity index (χ1v) is 8.59. The van der Waals surface area contributed by atoms with Crippen molar-refractivity contribution in [2.75, 3.05) is 5.32 Å². The van der Waals surface area contributed by atoms with Gasteiger partial charge in [0.2, 0.25) is 5.91 Å². The SMILES string of the molecule is Cc1cccc(/C=C/C(=O)Nc2ccc(Sc3nncn3C)cc2)c1. The van der Waals surface area contributed by atoms with Gasteiger partial charge in [0, 0.05) is 23.7 Å². The Kier molecular flexibility index (Phi) is 5.30. The highest BCUT2D eigenvalue weighted by Crippen LogP contribution is 2.26. The molecule has 1 aromatic heterocycles. The standard InChI is InChI=1S/C19H18N4OS/c1-14-4-3-5-15(12-14)6-11-18(24)21-16-7-9-17(10-8-16)25-19-22-20-13-23(19)2/h3-13H,1-2H3,(H,21,24)/b11-6+. The third-order valence-corrected chi connectivity index (χ3v) is 4.53. The van der Waals surface area contributed by atoms with Crippen LogP contribution in [0.25, 0.3) is 6.08 Å². The molecule has 3 rings (SSSR count). The first-order valence-electron chi connectivity index (χ1n) is 7.78. The number of rotatable bonds is 5. The predicted octanol–water partition coefficient (Wildman–Crippen LogP) is 3.93. The zero-order valence-corrected chi connectivity index (χ0v) is 14.8. The van der Waals surface area contributed by atoms with Crippen molar-refractivity contribution in [1.29, 1.82) is 0 Å². The minimum absolute atomic E-state index is 0.157. The van der Waals surface area contributed by atoms with Crippen LogP contribution in [0.4, 0.5) is 5.69 Å². The summed E-state index contributed by atoms with van der Waals surface area (Å²) in [6.45, 7) is 2.03. The lowest BCUT2D eigenvalue weighted by Gasteiger charge is -2.04. The Morgan fingerprint density at radius 3 is 2.68 bits per heavy atom. The molecule has 0 saturated heterocycles. The second-order valence-electron chi connectivity index (χ2n) is 5.59. The van der Waals surface area contributed by atoms with Crippen molar-refractivity contribution < 1.29 is 4.79 Å². The summed E-state index contributed by atoms with van der Waals surface area (Å²) in [6, 6.07) is 15.6. The highest BCUT2D eigenvalue weighted by Gasteiger charge is 2.04. The maximum atomic E-state index is 12.0. The first-order chi connectivity index (χ1) is 12.1. The molecular formula is C19H18N4OS. The number of benzene rings is 2. The van der Waals surface area contributed by atoms with Crippen molar-refractivity contribution in [3.63, 3.8) is 0 Å². The summed E-state index contributed by atoms with van der Waals surface area (Å²) >= 11 is 1.52. The van der Waals surface area contributed by atoms with Crippen LogP contribution in [0.1, 0.15) is 11.1 Å². The number of hydrogen-bond acceptors (Lipinski definition) is 4. The van der Waals surface area contributed by atoms with Crippen molar-refractivity contribution in [1.82, 2.24) is 14.8 Å². The molecule has 1 heterocycles. The van der Waals surface area contributed by atoms with E-state index in [0.717, 1.165) is 21.3 Å². The number of anilines is 1.